The minimum atomic E-state index is -0.649. The smallest absolute Gasteiger partial charge is 0.247 e. The average Bonchev–Trinajstić information content (AvgIpc) is 3.76. The number of carbonyl (C=O) groups is 2. The first-order chi connectivity index (χ1) is 22.3. The van der Waals surface area contributed by atoms with E-state index in [1.165, 1.54) is 6.07 Å². The van der Waals surface area contributed by atoms with E-state index in [1.807, 2.05) is 4.90 Å². The summed E-state index contributed by atoms with van der Waals surface area (Å²) < 4.78 is 23.1. The number of hydrogen-bond donors (Lipinski definition) is 2. The van der Waals surface area contributed by atoms with Crippen molar-refractivity contribution in [2.24, 2.45) is 0 Å². The fraction of sp³-hybridized carbons (Fsp3) is 0.424. The first-order valence-corrected chi connectivity index (χ1v) is 15.7. The summed E-state index contributed by atoms with van der Waals surface area (Å²) >= 11 is 0. The molecule has 4 aromatic rings. The van der Waals surface area contributed by atoms with E-state index in [9.17, 15) is 19.1 Å². The Hall–Kier alpha value is -4.96. The molecule has 2 aromatic carbocycles. The number of nitrogens with zero attached hydrogens (tertiary/aromatic N) is 7. The molecule has 0 aliphatic carbocycles. The number of benzene rings is 2. The number of hydrogen-bond acceptors (Lipinski definition) is 9. The lowest BCUT2D eigenvalue weighted by Crippen LogP contribution is -2.66. The molecule has 8 rings (SSSR count). The lowest BCUT2D eigenvalue weighted by Gasteiger charge is -2.42. The molecule has 4 aliphatic rings. The van der Waals surface area contributed by atoms with Gasteiger partial charge >= 0.3 is 0 Å². The van der Waals surface area contributed by atoms with Crippen LogP contribution in [0.5, 0.6) is 11.6 Å². The van der Waals surface area contributed by atoms with Crippen LogP contribution in [0, 0.1) is 18.2 Å². The van der Waals surface area contributed by atoms with Crippen molar-refractivity contribution < 1.29 is 23.8 Å². The fourth-order valence-electron chi connectivity index (χ4n) is 7.76. The molecule has 2 aromatic heterocycles. The number of halogens is 1. The van der Waals surface area contributed by atoms with E-state index in [2.05, 4.69) is 21.1 Å². The second-order valence-corrected chi connectivity index (χ2v) is 12.6. The first-order valence-electron chi connectivity index (χ1n) is 15.7. The lowest BCUT2D eigenvalue weighted by atomic mass is 9.95. The molecule has 1 atom stereocenters. The maximum atomic E-state index is 14.8. The van der Waals surface area contributed by atoms with Gasteiger partial charge in [0.25, 0.3) is 0 Å². The molecular weight excluding hydrogens is 591 g/mol. The zero-order chi connectivity index (χ0) is 31.6. The van der Waals surface area contributed by atoms with Crippen molar-refractivity contribution in [1.29, 1.82) is 0 Å². The van der Waals surface area contributed by atoms with Crippen LogP contribution in [0.2, 0.25) is 0 Å². The Balaban J connectivity index is 1.20. The number of ether oxygens (including phenoxy) is 1. The first kappa shape index (κ1) is 28.5. The highest BCUT2D eigenvalue weighted by molar-refractivity contribution is 5.95. The molecule has 13 heteroatoms. The number of aromatic hydroxyl groups is 1. The third-order valence-electron chi connectivity index (χ3n) is 10.0. The van der Waals surface area contributed by atoms with Gasteiger partial charge in [-0.25, -0.2) is 9.37 Å². The number of phenols is 1. The number of amides is 2. The number of phenolic OH excluding ortho intramolecular Hbond substituents is 1. The zero-order valence-electron chi connectivity index (χ0n) is 25.2. The van der Waals surface area contributed by atoms with Crippen LogP contribution in [-0.2, 0) is 16.1 Å². The molecule has 0 spiro atoms. The van der Waals surface area contributed by atoms with Crippen LogP contribution in [-0.4, -0.2) is 104 Å². The van der Waals surface area contributed by atoms with Gasteiger partial charge in [0.05, 0.1) is 37.1 Å². The monoisotopic (exact) mass is 624 g/mol. The van der Waals surface area contributed by atoms with E-state index in [1.54, 1.807) is 34.0 Å². The van der Waals surface area contributed by atoms with Gasteiger partial charge in [0.1, 0.15) is 24.2 Å². The van der Waals surface area contributed by atoms with Crippen LogP contribution in [0.4, 0.5) is 10.3 Å². The topological polar surface area (TPSA) is 129 Å². The second-order valence-electron chi connectivity index (χ2n) is 12.6. The number of fused-ring (bicyclic) bond motifs is 4. The normalized spacial score (nSPS) is 21.0. The van der Waals surface area contributed by atoms with Crippen molar-refractivity contribution in [1.82, 2.24) is 34.6 Å². The predicted octanol–water partition coefficient (Wildman–Crippen LogP) is 2.01. The highest BCUT2D eigenvalue weighted by Crippen LogP contribution is 2.40. The molecule has 0 bridgehead atoms. The maximum absolute atomic E-state index is 14.8. The van der Waals surface area contributed by atoms with Crippen LogP contribution < -0.4 is 15.0 Å². The third-order valence-corrected chi connectivity index (χ3v) is 10.0. The van der Waals surface area contributed by atoms with Gasteiger partial charge in [-0.1, -0.05) is 12.0 Å². The standard InChI is InChI=1S/C33H33FN8O4/c1-2-23-24(34)6-5-20-13-22(43)14-21(27(20)23)16-40-19-36-28-29(40)37-32(39-11-12-42-25(17-39)30(45)35-15-26(42)44)38-31(28)46-18-33-7-3-9-41(33)10-4-8-33/h1,5-6,13-14,19,25,43H,3-4,7-12,15-18H2,(H,35,45). The predicted molar refractivity (Wildman–Crippen MR) is 167 cm³/mol. The summed E-state index contributed by atoms with van der Waals surface area (Å²) in [6, 6.07) is 5.36. The molecule has 2 N–H and O–H groups in total. The van der Waals surface area contributed by atoms with Gasteiger partial charge in [0, 0.05) is 18.5 Å². The van der Waals surface area contributed by atoms with Gasteiger partial charge in [-0.3, -0.25) is 14.5 Å². The molecule has 4 fully saturated rings. The average molecular weight is 625 g/mol. The van der Waals surface area contributed by atoms with E-state index < -0.39 is 11.9 Å². The summed E-state index contributed by atoms with van der Waals surface area (Å²) in [5.41, 5.74) is 1.64. The zero-order valence-corrected chi connectivity index (χ0v) is 25.2. The lowest BCUT2D eigenvalue weighted by molar-refractivity contribution is -0.146. The van der Waals surface area contributed by atoms with Crippen LogP contribution in [0.1, 0.15) is 36.8 Å². The van der Waals surface area contributed by atoms with Crippen molar-refractivity contribution in [3.05, 3.63) is 47.5 Å². The van der Waals surface area contributed by atoms with Crippen molar-refractivity contribution in [2.75, 3.05) is 50.8 Å². The molecule has 1 unspecified atom stereocenters. The van der Waals surface area contributed by atoms with E-state index >= 15 is 0 Å². The molecule has 12 nitrogen and oxygen atoms in total. The Morgan fingerprint density at radius 3 is 2.76 bits per heavy atom. The van der Waals surface area contributed by atoms with Crippen LogP contribution in [0.3, 0.4) is 0 Å². The number of anilines is 1. The quantitative estimate of drug-likeness (QED) is 0.310. The largest absolute Gasteiger partial charge is 0.508 e. The van der Waals surface area contributed by atoms with Crippen molar-refractivity contribution in [2.45, 2.75) is 43.8 Å². The molecule has 0 radical (unpaired) electrons. The number of terminal acetylenes is 1. The van der Waals surface area contributed by atoms with Gasteiger partial charge in [-0.15, -0.1) is 6.42 Å². The van der Waals surface area contributed by atoms with Crippen LogP contribution in [0.25, 0.3) is 21.9 Å². The molecule has 4 saturated heterocycles. The van der Waals surface area contributed by atoms with Gasteiger partial charge in [0.2, 0.25) is 23.6 Å². The Morgan fingerprint density at radius 2 is 1.96 bits per heavy atom. The number of imidazole rings is 1. The number of rotatable bonds is 6. The van der Waals surface area contributed by atoms with E-state index in [-0.39, 0.29) is 48.3 Å². The van der Waals surface area contributed by atoms with E-state index in [4.69, 9.17) is 21.1 Å². The Labute approximate surface area is 264 Å². The minimum absolute atomic E-state index is 0.00272. The minimum Gasteiger partial charge on any atom is -0.508 e. The van der Waals surface area contributed by atoms with Crippen molar-refractivity contribution >= 4 is 39.7 Å². The van der Waals surface area contributed by atoms with Crippen LogP contribution >= 0.6 is 0 Å². The molecule has 0 saturated carbocycles. The summed E-state index contributed by atoms with van der Waals surface area (Å²) in [4.78, 5) is 45.7. The maximum Gasteiger partial charge on any atom is 0.247 e. The van der Waals surface area contributed by atoms with E-state index in [0.29, 0.717) is 59.0 Å². The number of aromatic nitrogens is 4. The molecule has 46 heavy (non-hydrogen) atoms. The highest BCUT2D eigenvalue weighted by Gasteiger charge is 2.45. The van der Waals surface area contributed by atoms with E-state index in [0.717, 1.165) is 38.8 Å². The summed E-state index contributed by atoms with van der Waals surface area (Å²) in [5, 5.41) is 14.4. The summed E-state index contributed by atoms with van der Waals surface area (Å²) in [5.74, 6) is 2.36. The Kier molecular flexibility index (Phi) is 6.72. The molecule has 6 heterocycles. The summed E-state index contributed by atoms with van der Waals surface area (Å²) in [7, 11) is 0. The summed E-state index contributed by atoms with van der Waals surface area (Å²) in [6.07, 6.45) is 11.7. The van der Waals surface area contributed by atoms with Crippen molar-refractivity contribution in [3.8, 4) is 24.0 Å². The Bertz CT molecular complexity index is 1940. The van der Waals surface area contributed by atoms with Crippen LogP contribution in [0.15, 0.2) is 30.6 Å². The van der Waals surface area contributed by atoms with Crippen molar-refractivity contribution in [3.63, 3.8) is 0 Å². The fourth-order valence-corrected chi connectivity index (χ4v) is 7.76. The van der Waals surface area contributed by atoms with Gasteiger partial charge in [0.15, 0.2) is 11.2 Å². The third kappa shape index (κ3) is 4.58. The number of carbonyl (C=O) groups excluding carboxylic acids is 2. The van der Waals surface area contributed by atoms with Gasteiger partial charge < -0.3 is 29.5 Å². The Morgan fingerprint density at radius 1 is 1.13 bits per heavy atom. The van der Waals surface area contributed by atoms with Gasteiger partial charge in [-0.05, 0) is 67.9 Å². The van der Waals surface area contributed by atoms with Gasteiger partial charge in [-0.2, -0.15) is 9.97 Å². The summed E-state index contributed by atoms with van der Waals surface area (Å²) in [6.45, 7) is 3.82. The molecule has 2 amide bonds. The molecule has 236 valence electrons. The number of nitrogens with one attached hydrogen (secondary N) is 1. The SMILES string of the molecule is C#Cc1c(F)ccc2cc(O)cc(Cn3cnc4c(OCC56CCCN5CCC6)nc(N5CCN6C(=O)CNC(=O)C6C5)nc43)c12. The highest BCUT2D eigenvalue weighted by atomic mass is 19.1. The second kappa shape index (κ2) is 10.8. The molecule has 4 aliphatic heterocycles. The molecular formula is C33H33FN8O4. The number of piperazine rings is 2.